The van der Waals surface area contributed by atoms with E-state index < -0.39 is 5.41 Å². The van der Waals surface area contributed by atoms with Crippen LogP contribution in [0.1, 0.15) is 46.5 Å². The fourth-order valence-electron chi connectivity index (χ4n) is 2.42. The van der Waals surface area contributed by atoms with Crippen molar-refractivity contribution in [3.63, 3.8) is 0 Å². The Morgan fingerprint density at radius 2 is 2.00 bits per heavy atom. The predicted molar refractivity (Wildman–Crippen MR) is 58.4 cm³/mol. The summed E-state index contributed by atoms with van der Waals surface area (Å²) in [4.78, 5) is 11.8. The Hall–Kier alpha value is -0.570. The van der Waals surface area contributed by atoms with E-state index in [0.29, 0.717) is 6.61 Å². The Balaban J connectivity index is 2.69. The molecule has 2 unspecified atom stereocenters. The van der Waals surface area contributed by atoms with E-state index in [1.165, 1.54) is 0 Å². The van der Waals surface area contributed by atoms with E-state index in [1.807, 2.05) is 20.8 Å². The summed E-state index contributed by atoms with van der Waals surface area (Å²) in [5, 5.41) is 9.91. The number of carbonyl (C=O) groups is 1. The molecule has 1 N–H and O–H groups in total. The van der Waals surface area contributed by atoms with Gasteiger partial charge in [-0.1, -0.05) is 12.8 Å². The Labute approximate surface area is 91.8 Å². The third-order valence-corrected chi connectivity index (χ3v) is 3.46. The van der Waals surface area contributed by atoms with Gasteiger partial charge in [0.05, 0.1) is 18.1 Å². The summed E-state index contributed by atoms with van der Waals surface area (Å²) < 4.78 is 5.06. The predicted octanol–water partition coefficient (Wildman–Crippen LogP) is 2.13. The number of aliphatic hydroxyl groups excluding tert-OH is 1. The molecule has 0 aromatic heterocycles. The molecule has 0 radical (unpaired) electrons. The SMILES string of the molecule is CCOC(=O)C(C)(C)C1CCCCC1O. The highest BCUT2D eigenvalue weighted by Gasteiger charge is 2.42. The van der Waals surface area contributed by atoms with Crippen LogP contribution in [0.4, 0.5) is 0 Å². The van der Waals surface area contributed by atoms with Crippen LogP contribution in [0.3, 0.4) is 0 Å². The maximum atomic E-state index is 11.8. The van der Waals surface area contributed by atoms with Gasteiger partial charge in [0.2, 0.25) is 0 Å². The maximum absolute atomic E-state index is 11.8. The molecule has 1 rings (SSSR count). The molecule has 88 valence electrons. The molecule has 1 fully saturated rings. The van der Waals surface area contributed by atoms with Crippen molar-refractivity contribution in [3.05, 3.63) is 0 Å². The Morgan fingerprint density at radius 1 is 1.40 bits per heavy atom. The molecule has 0 spiro atoms. The number of esters is 1. The van der Waals surface area contributed by atoms with Gasteiger partial charge in [-0.15, -0.1) is 0 Å². The van der Waals surface area contributed by atoms with E-state index in [9.17, 15) is 9.90 Å². The topological polar surface area (TPSA) is 46.5 Å². The third kappa shape index (κ3) is 2.71. The largest absolute Gasteiger partial charge is 0.466 e. The minimum Gasteiger partial charge on any atom is -0.466 e. The Bertz CT molecular complexity index is 223. The number of hydrogen-bond donors (Lipinski definition) is 1. The first-order valence-electron chi connectivity index (χ1n) is 5.85. The second-order valence-corrected chi connectivity index (χ2v) is 4.90. The quantitative estimate of drug-likeness (QED) is 0.732. The van der Waals surface area contributed by atoms with Gasteiger partial charge in [0.25, 0.3) is 0 Å². The first-order chi connectivity index (χ1) is 7.00. The average Bonchev–Trinajstić information content (AvgIpc) is 2.18. The molecule has 3 heteroatoms. The third-order valence-electron chi connectivity index (χ3n) is 3.46. The van der Waals surface area contributed by atoms with Gasteiger partial charge in [0.1, 0.15) is 0 Å². The standard InChI is InChI=1S/C12H22O3/c1-4-15-11(14)12(2,3)9-7-5-6-8-10(9)13/h9-10,13H,4-8H2,1-3H3. The van der Waals surface area contributed by atoms with Gasteiger partial charge in [0, 0.05) is 5.92 Å². The van der Waals surface area contributed by atoms with E-state index in [1.54, 1.807) is 0 Å². The summed E-state index contributed by atoms with van der Waals surface area (Å²) in [5.74, 6) is -0.138. The molecule has 0 amide bonds. The van der Waals surface area contributed by atoms with Crippen LogP contribution < -0.4 is 0 Å². The molecule has 0 saturated heterocycles. The average molecular weight is 214 g/mol. The second-order valence-electron chi connectivity index (χ2n) is 4.90. The van der Waals surface area contributed by atoms with E-state index >= 15 is 0 Å². The number of aliphatic hydroxyl groups is 1. The molecule has 0 bridgehead atoms. The van der Waals surface area contributed by atoms with Crippen LogP contribution in [0.5, 0.6) is 0 Å². The summed E-state index contributed by atoms with van der Waals surface area (Å²) in [6, 6.07) is 0. The fourth-order valence-corrected chi connectivity index (χ4v) is 2.42. The molecular formula is C12H22O3. The lowest BCUT2D eigenvalue weighted by Crippen LogP contribution is -2.42. The summed E-state index contributed by atoms with van der Waals surface area (Å²) in [7, 11) is 0. The maximum Gasteiger partial charge on any atom is 0.311 e. The van der Waals surface area contributed by atoms with Gasteiger partial charge in [0.15, 0.2) is 0 Å². The Kier molecular flexibility index (Phi) is 4.14. The zero-order chi connectivity index (χ0) is 11.5. The van der Waals surface area contributed by atoms with Crippen LogP contribution in [-0.2, 0) is 9.53 Å². The first kappa shape index (κ1) is 12.5. The molecule has 1 aliphatic carbocycles. The van der Waals surface area contributed by atoms with Crippen molar-refractivity contribution in [1.82, 2.24) is 0 Å². The van der Waals surface area contributed by atoms with E-state index in [2.05, 4.69) is 0 Å². The summed E-state index contributed by atoms with van der Waals surface area (Å²) >= 11 is 0. The van der Waals surface area contributed by atoms with Gasteiger partial charge < -0.3 is 9.84 Å². The summed E-state index contributed by atoms with van der Waals surface area (Å²) in [6.45, 7) is 5.98. The molecule has 3 nitrogen and oxygen atoms in total. The molecule has 1 saturated carbocycles. The molecule has 0 aliphatic heterocycles. The number of ether oxygens (including phenoxy) is 1. The molecule has 1 aliphatic rings. The molecule has 0 heterocycles. The van der Waals surface area contributed by atoms with Crippen molar-refractivity contribution in [2.75, 3.05) is 6.61 Å². The minimum atomic E-state index is -0.560. The molecule has 15 heavy (non-hydrogen) atoms. The van der Waals surface area contributed by atoms with Crippen LogP contribution in [0, 0.1) is 11.3 Å². The van der Waals surface area contributed by atoms with Crippen LogP contribution in [0.25, 0.3) is 0 Å². The first-order valence-corrected chi connectivity index (χ1v) is 5.85. The summed E-state index contributed by atoms with van der Waals surface area (Å²) in [5.41, 5.74) is -0.560. The number of carbonyl (C=O) groups excluding carboxylic acids is 1. The highest BCUT2D eigenvalue weighted by molar-refractivity contribution is 5.76. The van der Waals surface area contributed by atoms with Gasteiger partial charge in [-0.25, -0.2) is 0 Å². The summed E-state index contributed by atoms with van der Waals surface area (Å²) in [6.07, 6.45) is 3.56. The number of rotatable bonds is 3. The van der Waals surface area contributed by atoms with Gasteiger partial charge in [-0.3, -0.25) is 4.79 Å². The van der Waals surface area contributed by atoms with Crippen molar-refractivity contribution in [1.29, 1.82) is 0 Å². The lowest BCUT2D eigenvalue weighted by Gasteiger charge is -2.38. The monoisotopic (exact) mass is 214 g/mol. The number of hydrogen-bond acceptors (Lipinski definition) is 3. The van der Waals surface area contributed by atoms with Crippen LogP contribution in [-0.4, -0.2) is 23.8 Å². The molecule has 0 aromatic rings. The second kappa shape index (κ2) is 4.97. The molecule has 0 aromatic carbocycles. The van der Waals surface area contributed by atoms with Crippen molar-refractivity contribution in [2.45, 2.75) is 52.6 Å². The van der Waals surface area contributed by atoms with Crippen molar-refractivity contribution >= 4 is 5.97 Å². The van der Waals surface area contributed by atoms with Crippen molar-refractivity contribution < 1.29 is 14.6 Å². The van der Waals surface area contributed by atoms with Gasteiger partial charge in [-0.05, 0) is 33.6 Å². The zero-order valence-electron chi connectivity index (χ0n) is 9.95. The van der Waals surface area contributed by atoms with Crippen LogP contribution >= 0.6 is 0 Å². The Morgan fingerprint density at radius 3 is 2.53 bits per heavy atom. The smallest absolute Gasteiger partial charge is 0.311 e. The molecule has 2 atom stereocenters. The van der Waals surface area contributed by atoms with Gasteiger partial charge in [-0.2, -0.15) is 0 Å². The van der Waals surface area contributed by atoms with Crippen molar-refractivity contribution in [2.24, 2.45) is 11.3 Å². The zero-order valence-corrected chi connectivity index (χ0v) is 9.95. The van der Waals surface area contributed by atoms with Crippen molar-refractivity contribution in [3.8, 4) is 0 Å². The normalized spacial score (nSPS) is 27.5. The lowest BCUT2D eigenvalue weighted by atomic mass is 9.69. The van der Waals surface area contributed by atoms with E-state index in [4.69, 9.17) is 4.74 Å². The van der Waals surface area contributed by atoms with Crippen LogP contribution in [0.2, 0.25) is 0 Å². The van der Waals surface area contributed by atoms with E-state index in [0.717, 1.165) is 25.7 Å². The highest BCUT2D eigenvalue weighted by atomic mass is 16.5. The molecular weight excluding hydrogens is 192 g/mol. The minimum absolute atomic E-state index is 0.0466. The highest BCUT2D eigenvalue weighted by Crippen LogP contribution is 2.39. The van der Waals surface area contributed by atoms with E-state index in [-0.39, 0.29) is 18.0 Å². The fraction of sp³-hybridized carbons (Fsp3) is 0.917. The lowest BCUT2D eigenvalue weighted by molar-refractivity contribution is -0.161. The van der Waals surface area contributed by atoms with Crippen LogP contribution in [0.15, 0.2) is 0 Å². The van der Waals surface area contributed by atoms with Gasteiger partial charge >= 0.3 is 5.97 Å².